The van der Waals surface area contributed by atoms with Gasteiger partial charge in [0.1, 0.15) is 0 Å². The molecule has 0 radical (unpaired) electrons. The Labute approximate surface area is 122 Å². The van der Waals surface area contributed by atoms with Gasteiger partial charge < -0.3 is 10.1 Å². The Hall–Kier alpha value is -0.570. The first-order valence-corrected chi connectivity index (χ1v) is 7.13. The average molecular weight is 284 g/mol. The number of ether oxygens (including phenoxy) is 1. The Balaban J connectivity index is 2.90. The van der Waals surface area contributed by atoms with E-state index in [0.29, 0.717) is 0 Å². The van der Waals surface area contributed by atoms with E-state index in [9.17, 15) is 0 Å². The van der Waals surface area contributed by atoms with Crippen LogP contribution in [0.2, 0.25) is 5.02 Å². The normalized spacial score (nSPS) is 14.5. The van der Waals surface area contributed by atoms with E-state index in [-0.39, 0.29) is 17.2 Å². The van der Waals surface area contributed by atoms with E-state index >= 15 is 0 Å². The van der Waals surface area contributed by atoms with Crippen molar-refractivity contribution < 1.29 is 4.74 Å². The molecule has 0 bridgehead atoms. The number of benzene rings is 1. The Morgan fingerprint density at radius 3 is 2.16 bits per heavy atom. The molecule has 1 atom stereocenters. The van der Waals surface area contributed by atoms with Crippen LogP contribution >= 0.6 is 11.6 Å². The zero-order valence-electron chi connectivity index (χ0n) is 12.9. The lowest BCUT2D eigenvalue weighted by atomic mass is 10.0. The van der Waals surface area contributed by atoms with Crippen molar-refractivity contribution in [3.05, 3.63) is 34.9 Å². The summed E-state index contributed by atoms with van der Waals surface area (Å²) < 4.78 is 6.15. The fraction of sp³-hybridized carbons (Fsp3) is 0.625. The minimum atomic E-state index is -0.205. The molecule has 0 heterocycles. The molecule has 1 N–H and O–H groups in total. The standard InChI is InChI=1S/C16H26ClNO/c1-15(2,3)18-11-14(19-16(4,5)6)12-9-7-8-10-13(12)17/h7-10,14,18H,11H2,1-6H3. The summed E-state index contributed by atoms with van der Waals surface area (Å²) in [6, 6.07) is 7.88. The molecular weight excluding hydrogens is 258 g/mol. The summed E-state index contributed by atoms with van der Waals surface area (Å²) in [5.41, 5.74) is 0.889. The number of nitrogens with one attached hydrogen (secondary N) is 1. The van der Waals surface area contributed by atoms with Gasteiger partial charge in [0.25, 0.3) is 0 Å². The fourth-order valence-electron chi connectivity index (χ4n) is 1.78. The maximum atomic E-state index is 6.29. The van der Waals surface area contributed by atoms with Crippen LogP contribution in [-0.4, -0.2) is 17.7 Å². The number of hydrogen-bond donors (Lipinski definition) is 1. The van der Waals surface area contributed by atoms with Crippen molar-refractivity contribution in [2.24, 2.45) is 0 Å². The van der Waals surface area contributed by atoms with Gasteiger partial charge in [-0.1, -0.05) is 29.8 Å². The van der Waals surface area contributed by atoms with Crippen molar-refractivity contribution in [1.29, 1.82) is 0 Å². The molecule has 0 saturated carbocycles. The minimum Gasteiger partial charge on any atom is -0.367 e. The van der Waals surface area contributed by atoms with Crippen LogP contribution in [-0.2, 0) is 4.74 Å². The summed E-state index contributed by atoms with van der Waals surface area (Å²) in [7, 11) is 0. The highest BCUT2D eigenvalue weighted by atomic mass is 35.5. The van der Waals surface area contributed by atoms with E-state index in [1.54, 1.807) is 0 Å². The Morgan fingerprint density at radius 1 is 1.11 bits per heavy atom. The van der Waals surface area contributed by atoms with Crippen molar-refractivity contribution >= 4 is 11.6 Å². The van der Waals surface area contributed by atoms with E-state index in [2.05, 4.69) is 46.9 Å². The van der Waals surface area contributed by atoms with Crippen molar-refractivity contribution in [2.75, 3.05) is 6.54 Å². The monoisotopic (exact) mass is 283 g/mol. The van der Waals surface area contributed by atoms with Gasteiger partial charge in [0.2, 0.25) is 0 Å². The smallest absolute Gasteiger partial charge is 0.0970 e. The van der Waals surface area contributed by atoms with Crippen LogP contribution in [0.5, 0.6) is 0 Å². The molecule has 0 spiro atoms. The maximum Gasteiger partial charge on any atom is 0.0970 e. The van der Waals surface area contributed by atoms with E-state index in [4.69, 9.17) is 16.3 Å². The third-order valence-electron chi connectivity index (χ3n) is 2.57. The Morgan fingerprint density at radius 2 is 1.68 bits per heavy atom. The summed E-state index contributed by atoms with van der Waals surface area (Å²) >= 11 is 6.29. The van der Waals surface area contributed by atoms with Gasteiger partial charge in [-0.3, -0.25) is 0 Å². The molecule has 3 heteroatoms. The SMILES string of the molecule is CC(C)(C)NCC(OC(C)(C)C)c1ccccc1Cl. The quantitative estimate of drug-likeness (QED) is 0.873. The molecule has 0 aliphatic rings. The van der Waals surface area contributed by atoms with Gasteiger partial charge in [0.05, 0.1) is 11.7 Å². The molecule has 0 aromatic heterocycles. The van der Waals surface area contributed by atoms with E-state index in [1.807, 2.05) is 24.3 Å². The second kappa shape index (κ2) is 6.25. The molecule has 108 valence electrons. The minimum absolute atomic E-state index is 0.0482. The molecule has 1 rings (SSSR count). The molecule has 1 aromatic rings. The van der Waals surface area contributed by atoms with Gasteiger partial charge in [-0.15, -0.1) is 0 Å². The molecule has 1 aromatic carbocycles. The Kier molecular flexibility index (Phi) is 5.43. The first-order valence-electron chi connectivity index (χ1n) is 6.76. The van der Waals surface area contributed by atoms with Crippen LogP contribution in [0.15, 0.2) is 24.3 Å². The van der Waals surface area contributed by atoms with Gasteiger partial charge >= 0.3 is 0 Å². The van der Waals surface area contributed by atoms with E-state index < -0.39 is 0 Å². The van der Waals surface area contributed by atoms with Crippen LogP contribution in [0.1, 0.15) is 53.2 Å². The van der Waals surface area contributed by atoms with Crippen molar-refractivity contribution in [3.63, 3.8) is 0 Å². The van der Waals surface area contributed by atoms with Gasteiger partial charge in [-0.25, -0.2) is 0 Å². The predicted molar refractivity (Wildman–Crippen MR) is 82.8 cm³/mol. The summed E-state index contributed by atoms with van der Waals surface area (Å²) in [6.07, 6.45) is -0.0482. The lowest BCUT2D eigenvalue weighted by Gasteiger charge is -2.31. The highest BCUT2D eigenvalue weighted by Crippen LogP contribution is 2.29. The van der Waals surface area contributed by atoms with Crippen molar-refractivity contribution in [2.45, 2.75) is 58.8 Å². The zero-order valence-corrected chi connectivity index (χ0v) is 13.6. The van der Waals surface area contributed by atoms with E-state index in [1.165, 1.54) is 0 Å². The van der Waals surface area contributed by atoms with Gasteiger partial charge in [0, 0.05) is 22.7 Å². The maximum absolute atomic E-state index is 6.29. The average Bonchev–Trinajstić information content (AvgIpc) is 2.22. The van der Waals surface area contributed by atoms with Crippen LogP contribution in [0.4, 0.5) is 0 Å². The number of rotatable bonds is 4. The molecule has 2 nitrogen and oxygen atoms in total. The molecule has 1 unspecified atom stereocenters. The van der Waals surface area contributed by atoms with Crippen molar-refractivity contribution in [1.82, 2.24) is 5.32 Å². The highest BCUT2D eigenvalue weighted by Gasteiger charge is 2.23. The summed E-state index contributed by atoms with van der Waals surface area (Å²) in [5, 5.41) is 4.24. The predicted octanol–water partition coefficient (Wildman–Crippen LogP) is 4.58. The fourth-order valence-corrected chi connectivity index (χ4v) is 2.03. The topological polar surface area (TPSA) is 21.3 Å². The van der Waals surface area contributed by atoms with Crippen LogP contribution < -0.4 is 5.32 Å². The van der Waals surface area contributed by atoms with Gasteiger partial charge in [-0.05, 0) is 47.6 Å². The van der Waals surface area contributed by atoms with Crippen LogP contribution in [0, 0.1) is 0 Å². The molecular formula is C16H26ClNO. The largest absolute Gasteiger partial charge is 0.367 e. The third-order valence-corrected chi connectivity index (χ3v) is 2.91. The Bertz CT molecular complexity index is 404. The second-order valence-corrected chi connectivity index (χ2v) is 7.28. The molecule has 0 saturated heterocycles. The summed E-state index contributed by atoms with van der Waals surface area (Å²) in [5.74, 6) is 0. The lowest BCUT2D eigenvalue weighted by molar-refractivity contribution is -0.0624. The third kappa shape index (κ3) is 6.42. The van der Waals surface area contributed by atoms with Crippen LogP contribution in [0.25, 0.3) is 0 Å². The first-order chi connectivity index (χ1) is 8.58. The molecule has 0 fully saturated rings. The molecule has 0 aliphatic carbocycles. The highest BCUT2D eigenvalue weighted by molar-refractivity contribution is 6.31. The number of hydrogen-bond acceptors (Lipinski definition) is 2. The first kappa shape index (κ1) is 16.5. The van der Waals surface area contributed by atoms with E-state index in [0.717, 1.165) is 17.1 Å². The van der Waals surface area contributed by atoms with Gasteiger partial charge in [-0.2, -0.15) is 0 Å². The van der Waals surface area contributed by atoms with Crippen LogP contribution in [0.3, 0.4) is 0 Å². The molecule has 0 aliphatic heterocycles. The summed E-state index contributed by atoms with van der Waals surface area (Å²) in [6.45, 7) is 13.4. The molecule has 19 heavy (non-hydrogen) atoms. The summed E-state index contributed by atoms with van der Waals surface area (Å²) in [4.78, 5) is 0. The number of halogens is 1. The van der Waals surface area contributed by atoms with Gasteiger partial charge in [0.15, 0.2) is 0 Å². The van der Waals surface area contributed by atoms with Crippen molar-refractivity contribution in [3.8, 4) is 0 Å². The lowest BCUT2D eigenvalue weighted by Crippen LogP contribution is -2.40. The second-order valence-electron chi connectivity index (χ2n) is 6.87. The zero-order chi connectivity index (χ0) is 14.7. The molecule has 0 amide bonds.